The molecule has 0 rings (SSSR count). The summed E-state index contributed by atoms with van der Waals surface area (Å²) in [6.07, 6.45) is 10.2. The molecule has 2 unspecified atom stereocenters. The molecule has 0 radical (unpaired) electrons. The van der Waals surface area contributed by atoms with Crippen molar-refractivity contribution in [2.75, 3.05) is 0 Å². The minimum Gasteiger partial charge on any atom is -0.103 e. The normalized spacial score (nSPS) is 16.2. The van der Waals surface area contributed by atoms with Gasteiger partial charge in [0, 0.05) is 0 Å². The van der Waals surface area contributed by atoms with E-state index in [1.54, 1.807) is 0 Å². The van der Waals surface area contributed by atoms with Gasteiger partial charge in [-0.15, -0.1) is 6.58 Å². The first-order valence-electron chi connectivity index (χ1n) is 4.99. The van der Waals surface area contributed by atoms with Crippen molar-refractivity contribution in [3.8, 4) is 0 Å². The smallest absolute Gasteiger partial charge is 0.0205 e. The minimum absolute atomic E-state index is 0.748. The summed E-state index contributed by atoms with van der Waals surface area (Å²) in [5, 5.41) is 0. The Morgan fingerprint density at radius 2 is 2.08 bits per heavy atom. The molecular weight excluding hydrogens is 144 g/mol. The van der Waals surface area contributed by atoms with Crippen molar-refractivity contribution in [3.63, 3.8) is 0 Å². The number of allylic oxidation sites excluding steroid dienone is 3. The van der Waals surface area contributed by atoms with Crippen molar-refractivity contribution in [1.82, 2.24) is 0 Å². The standard InChI is InChI=1S/C12H22/c1-5-8-10-12(9-6-2)11(4)7-3/h5-6,9,11-12H,1,7-8,10H2,2-4H3. The van der Waals surface area contributed by atoms with Gasteiger partial charge in [-0.3, -0.25) is 0 Å². The molecule has 12 heavy (non-hydrogen) atoms. The van der Waals surface area contributed by atoms with E-state index in [4.69, 9.17) is 0 Å². The van der Waals surface area contributed by atoms with E-state index in [0.29, 0.717) is 0 Å². The number of hydrogen-bond acceptors (Lipinski definition) is 0. The van der Waals surface area contributed by atoms with Crippen LogP contribution < -0.4 is 0 Å². The first kappa shape index (κ1) is 11.5. The molecule has 0 aliphatic carbocycles. The summed E-state index contributed by atoms with van der Waals surface area (Å²) in [7, 11) is 0. The molecule has 0 aliphatic rings. The van der Waals surface area contributed by atoms with Crippen LogP contribution in [0.3, 0.4) is 0 Å². The van der Waals surface area contributed by atoms with Gasteiger partial charge >= 0.3 is 0 Å². The topological polar surface area (TPSA) is 0 Å². The van der Waals surface area contributed by atoms with Crippen LogP contribution in [0.1, 0.15) is 40.0 Å². The fourth-order valence-corrected chi connectivity index (χ4v) is 1.43. The molecule has 2 atom stereocenters. The molecule has 70 valence electrons. The van der Waals surface area contributed by atoms with Crippen LogP contribution in [0.15, 0.2) is 24.8 Å². The van der Waals surface area contributed by atoms with Crippen molar-refractivity contribution in [2.45, 2.75) is 40.0 Å². The summed E-state index contributed by atoms with van der Waals surface area (Å²) >= 11 is 0. The summed E-state index contributed by atoms with van der Waals surface area (Å²) in [5.41, 5.74) is 0. The fourth-order valence-electron chi connectivity index (χ4n) is 1.43. The molecule has 0 saturated heterocycles. The summed E-state index contributed by atoms with van der Waals surface area (Å²) in [5.74, 6) is 1.55. The van der Waals surface area contributed by atoms with Crippen LogP contribution in [-0.4, -0.2) is 0 Å². The highest BCUT2D eigenvalue weighted by Gasteiger charge is 2.10. The Bertz CT molecular complexity index is 133. The van der Waals surface area contributed by atoms with Gasteiger partial charge in [0.2, 0.25) is 0 Å². The van der Waals surface area contributed by atoms with Gasteiger partial charge in [-0.25, -0.2) is 0 Å². The Hall–Kier alpha value is -0.520. The SMILES string of the molecule is C=CCCC(C=CC)C(C)CC. The lowest BCUT2D eigenvalue weighted by atomic mass is 9.87. The number of hydrogen-bond donors (Lipinski definition) is 0. The minimum atomic E-state index is 0.748. The molecule has 0 aromatic carbocycles. The predicted molar refractivity (Wildman–Crippen MR) is 57.2 cm³/mol. The largest absolute Gasteiger partial charge is 0.103 e. The van der Waals surface area contributed by atoms with E-state index in [-0.39, 0.29) is 0 Å². The average molecular weight is 166 g/mol. The second-order valence-electron chi connectivity index (χ2n) is 3.44. The molecule has 0 bridgehead atoms. The lowest BCUT2D eigenvalue weighted by Crippen LogP contribution is -2.07. The van der Waals surface area contributed by atoms with Gasteiger partial charge in [0.25, 0.3) is 0 Å². The molecule has 0 heterocycles. The van der Waals surface area contributed by atoms with Gasteiger partial charge in [0.15, 0.2) is 0 Å². The fraction of sp³-hybridized carbons (Fsp3) is 0.667. The van der Waals surface area contributed by atoms with E-state index >= 15 is 0 Å². The maximum absolute atomic E-state index is 3.75. The second kappa shape index (κ2) is 7.15. The van der Waals surface area contributed by atoms with Gasteiger partial charge in [-0.05, 0) is 31.6 Å². The lowest BCUT2D eigenvalue weighted by Gasteiger charge is -2.18. The van der Waals surface area contributed by atoms with Crippen LogP contribution >= 0.6 is 0 Å². The predicted octanol–water partition coefficient (Wildman–Crippen LogP) is 4.19. The summed E-state index contributed by atoms with van der Waals surface area (Å²) in [4.78, 5) is 0. The highest BCUT2D eigenvalue weighted by Crippen LogP contribution is 2.21. The Morgan fingerprint density at radius 3 is 2.50 bits per heavy atom. The molecule has 0 heteroatoms. The van der Waals surface area contributed by atoms with Crippen LogP contribution in [0.25, 0.3) is 0 Å². The van der Waals surface area contributed by atoms with Gasteiger partial charge in [-0.2, -0.15) is 0 Å². The quantitative estimate of drug-likeness (QED) is 0.519. The Balaban J connectivity index is 3.93. The Morgan fingerprint density at radius 1 is 1.42 bits per heavy atom. The number of rotatable bonds is 6. The van der Waals surface area contributed by atoms with Gasteiger partial charge < -0.3 is 0 Å². The zero-order valence-corrected chi connectivity index (χ0v) is 8.72. The van der Waals surface area contributed by atoms with Crippen molar-refractivity contribution in [3.05, 3.63) is 24.8 Å². The molecule has 0 nitrogen and oxygen atoms in total. The molecule has 0 N–H and O–H groups in total. The van der Waals surface area contributed by atoms with Gasteiger partial charge in [0.05, 0.1) is 0 Å². The highest BCUT2D eigenvalue weighted by molar-refractivity contribution is 4.89. The van der Waals surface area contributed by atoms with E-state index in [1.165, 1.54) is 12.8 Å². The van der Waals surface area contributed by atoms with Crippen LogP contribution in [0, 0.1) is 11.8 Å². The van der Waals surface area contributed by atoms with Crippen molar-refractivity contribution in [2.24, 2.45) is 11.8 Å². The van der Waals surface area contributed by atoms with Gasteiger partial charge in [0.1, 0.15) is 0 Å². The van der Waals surface area contributed by atoms with Crippen molar-refractivity contribution < 1.29 is 0 Å². The Kier molecular flexibility index (Phi) is 6.84. The van der Waals surface area contributed by atoms with Crippen molar-refractivity contribution >= 4 is 0 Å². The average Bonchev–Trinajstić information content (AvgIpc) is 2.11. The highest BCUT2D eigenvalue weighted by atomic mass is 14.2. The second-order valence-corrected chi connectivity index (χ2v) is 3.44. The lowest BCUT2D eigenvalue weighted by molar-refractivity contribution is 0.395. The van der Waals surface area contributed by atoms with E-state index in [2.05, 4.69) is 39.5 Å². The van der Waals surface area contributed by atoms with Crippen LogP contribution in [-0.2, 0) is 0 Å². The summed E-state index contributed by atoms with van der Waals surface area (Å²) in [6.45, 7) is 10.4. The zero-order chi connectivity index (χ0) is 9.40. The molecular formula is C12H22. The Labute approximate surface area is 77.4 Å². The molecule has 0 fully saturated rings. The maximum Gasteiger partial charge on any atom is -0.0205 e. The third-order valence-electron chi connectivity index (χ3n) is 2.52. The van der Waals surface area contributed by atoms with Gasteiger partial charge in [-0.1, -0.05) is 38.5 Å². The molecule has 0 aromatic rings. The van der Waals surface area contributed by atoms with E-state index in [9.17, 15) is 0 Å². The summed E-state index contributed by atoms with van der Waals surface area (Å²) in [6, 6.07) is 0. The first-order chi connectivity index (χ1) is 5.76. The zero-order valence-electron chi connectivity index (χ0n) is 8.72. The maximum atomic E-state index is 3.75. The van der Waals surface area contributed by atoms with E-state index in [0.717, 1.165) is 18.3 Å². The van der Waals surface area contributed by atoms with E-state index < -0.39 is 0 Å². The third-order valence-corrected chi connectivity index (χ3v) is 2.52. The van der Waals surface area contributed by atoms with Crippen LogP contribution in [0.4, 0.5) is 0 Å². The monoisotopic (exact) mass is 166 g/mol. The van der Waals surface area contributed by atoms with Crippen LogP contribution in [0.2, 0.25) is 0 Å². The molecule has 0 amide bonds. The van der Waals surface area contributed by atoms with E-state index in [1.807, 2.05) is 6.08 Å². The third kappa shape index (κ3) is 4.38. The summed E-state index contributed by atoms with van der Waals surface area (Å²) < 4.78 is 0. The molecule has 0 aromatic heterocycles. The molecule has 0 spiro atoms. The van der Waals surface area contributed by atoms with Crippen molar-refractivity contribution in [1.29, 1.82) is 0 Å². The van der Waals surface area contributed by atoms with Crippen LogP contribution in [0.5, 0.6) is 0 Å². The molecule has 0 aliphatic heterocycles. The molecule has 0 saturated carbocycles. The first-order valence-corrected chi connectivity index (χ1v) is 4.99.